The first-order valence-electron chi connectivity index (χ1n) is 7.80. The van der Waals surface area contributed by atoms with Gasteiger partial charge in [-0.15, -0.1) is 0 Å². The van der Waals surface area contributed by atoms with Crippen LogP contribution in [0.4, 0.5) is 0 Å². The molecule has 0 N–H and O–H groups in total. The third kappa shape index (κ3) is 1.81. The lowest BCUT2D eigenvalue weighted by Gasteiger charge is -2.35. The maximum atomic E-state index is 13.0. The molecule has 22 heavy (non-hydrogen) atoms. The number of aromatic nitrogens is 1. The summed E-state index contributed by atoms with van der Waals surface area (Å²) in [5.74, 6) is 0.105. The summed E-state index contributed by atoms with van der Waals surface area (Å²) in [6, 6.07) is 3.36. The minimum Gasteiger partial charge on any atom is -0.483 e. The lowest BCUT2D eigenvalue weighted by molar-refractivity contribution is -0.134. The molecular weight excluding hydrogens is 280 g/mol. The molecule has 4 rings (SSSR count). The summed E-state index contributed by atoms with van der Waals surface area (Å²) in [4.78, 5) is 31.1. The zero-order valence-corrected chi connectivity index (χ0v) is 12.5. The van der Waals surface area contributed by atoms with E-state index in [1.165, 1.54) is 0 Å². The Kier molecular flexibility index (Phi) is 3.03. The van der Waals surface area contributed by atoms with E-state index in [0.717, 1.165) is 31.2 Å². The fourth-order valence-corrected chi connectivity index (χ4v) is 3.90. The number of likely N-dealkylation sites (N-methyl/N-ethyl adjacent to an activating group) is 1. The Morgan fingerprint density at radius 2 is 1.91 bits per heavy atom. The predicted molar refractivity (Wildman–Crippen MR) is 78.6 cm³/mol. The number of carbonyl (C=O) groups is 2. The topological polar surface area (TPSA) is 59.5 Å². The second kappa shape index (κ2) is 4.93. The Labute approximate surface area is 129 Å². The number of ketones is 1. The fraction of sp³-hybridized carbons (Fsp3) is 0.471. The number of nitrogens with zero attached hydrogens (tertiary/aromatic N) is 2. The van der Waals surface area contributed by atoms with Gasteiger partial charge in [-0.05, 0) is 37.0 Å². The van der Waals surface area contributed by atoms with Gasteiger partial charge in [0.2, 0.25) is 0 Å². The molecule has 0 aromatic carbocycles. The quantitative estimate of drug-likeness (QED) is 0.795. The first kappa shape index (κ1) is 13.5. The van der Waals surface area contributed by atoms with Gasteiger partial charge in [-0.1, -0.05) is 6.42 Å². The molecule has 1 aromatic heterocycles. The van der Waals surface area contributed by atoms with E-state index in [-0.39, 0.29) is 35.5 Å². The van der Waals surface area contributed by atoms with Crippen molar-refractivity contribution in [1.82, 2.24) is 9.88 Å². The van der Waals surface area contributed by atoms with Crippen molar-refractivity contribution in [3.05, 3.63) is 41.4 Å². The van der Waals surface area contributed by atoms with Gasteiger partial charge in [-0.25, -0.2) is 0 Å². The number of rotatable bonds is 1. The highest BCUT2D eigenvalue weighted by molar-refractivity contribution is 6.11. The molecule has 0 radical (unpaired) electrons. The monoisotopic (exact) mass is 298 g/mol. The Morgan fingerprint density at radius 3 is 2.68 bits per heavy atom. The molecular formula is C17H18N2O3. The Balaban J connectivity index is 1.80. The maximum Gasteiger partial charge on any atom is 0.289 e. The summed E-state index contributed by atoms with van der Waals surface area (Å²) in [7, 11) is 1.73. The first-order chi connectivity index (χ1) is 10.7. The third-order valence-electron chi connectivity index (χ3n) is 5.02. The third-order valence-corrected chi connectivity index (χ3v) is 5.02. The highest BCUT2D eigenvalue weighted by atomic mass is 16.5. The van der Waals surface area contributed by atoms with Gasteiger partial charge in [0.15, 0.2) is 11.5 Å². The number of ether oxygens (including phenoxy) is 1. The summed E-state index contributed by atoms with van der Waals surface area (Å²) in [6.07, 6.45) is 7.10. The van der Waals surface area contributed by atoms with E-state index in [0.29, 0.717) is 5.57 Å². The number of hydrogen-bond acceptors (Lipinski definition) is 4. The molecule has 3 aliphatic rings. The highest BCUT2D eigenvalue weighted by Gasteiger charge is 2.50. The van der Waals surface area contributed by atoms with Gasteiger partial charge < -0.3 is 9.64 Å². The van der Waals surface area contributed by atoms with Crippen LogP contribution in [-0.4, -0.2) is 34.7 Å². The molecule has 0 saturated heterocycles. The van der Waals surface area contributed by atoms with Gasteiger partial charge in [-0.2, -0.15) is 0 Å². The van der Waals surface area contributed by atoms with Crippen molar-refractivity contribution < 1.29 is 14.3 Å². The molecule has 0 bridgehead atoms. The number of amides is 1. The smallest absolute Gasteiger partial charge is 0.289 e. The minimum absolute atomic E-state index is 0.0869. The summed E-state index contributed by atoms with van der Waals surface area (Å²) in [5.41, 5.74) is 1.45. The van der Waals surface area contributed by atoms with Crippen molar-refractivity contribution in [3.63, 3.8) is 0 Å². The van der Waals surface area contributed by atoms with Crippen molar-refractivity contribution in [1.29, 1.82) is 0 Å². The highest BCUT2D eigenvalue weighted by Crippen LogP contribution is 2.45. The lowest BCUT2D eigenvalue weighted by Crippen LogP contribution is -2.39. The van der Waals surface area contributed by atoms with Crippen LogP contribution in [-0.2, 0) is 14.3 Å². The second-order valence-corrected chi connectivity index (χ2v) is 6.25. The van der Waals surface area contributed by atoms with Crippen LogP contribution in [0.15, 0.2) is 35.9 Å². The number of hydrogen-bond donors (Lipinski definition) is 0. The van der Waals surface area contributed by atoms with Crippen LogP contribution in [0.3, 0.4) is 0 Å². The van der Waals surface area contributed by atoms with Crippen molar-refractivity contribution >= 4 is 11.7 Å². The van der Waals surface area contributed by atoms with Crippen LogP contribution in [0.5, 0.6) is 0 Å². The van der Waals surface area contributed by atoms with Crippen LogP contribution in [0.2, 0.25) is 0 Å². The van der Waals surface area contributed by atoms with Crippen molar-refractivity contribution in [2.75, 3.05) is 7.05 Å². The first-order valence-corrected chi connectivity index (χ1v) is 7.80. The second-order valence-electron chi connectivity index (χ2n) is 6.25. The zero-order chi connectivity index (χ0) is 15.3. The van der Waals surface area contributed by atoms with E-state index in [4.69, 9.17) is 4.74 Å². The minimum atomic E-state index is -0.346. The summed E-state index contributed by atoms with van der Waals surface area (Å²) >= 11 is 0. The summed E-state index contributed by atoms with van der Waals surface area (Å²) in [5, 5.41) is 0. The molecule has 1 amide bonds. The number of carbonyl (C=O) groups excluding carboxylic acids is 2. The fourth-order valence-electron chi connectivity index (χ4n) is 3.90. The average Bonchev–Trinajstić information content (AvgIpc) is 2.81. The van der Waals surface area contributed by atoms with Crippen LogP contribution in [0.25, 0.3) is 0 Å². The van der Waals surface area contributed by atoms with Crippen LogP contribution in [0.1, 0.15) is 37.3 Å². The normalized spacial score (nSPS) is 31.0. The number of pyridine rings is 1. The Morgan fingerprint density at radius 1 is 1.18 bits per heavy atom. The molecule has 3 atom stereocenters. The van der Waals surface area contributed by atoms with E-state index in [1.807, 2.05) is 12.1 Å². The molecule has 3 unspecified atom stereocenters. The molecule has 5 heteroatoms. The lowest BCUT2D eigenvalue weighted by atomic mass is 9.78. The molecule has 1 aromatic rings. The maximum absolute atomic E-state index is 13.0. The molecule has 2 aliphatic heterocycles. The standard InChI is InChI=1S/C17H18N2O3/c1-19-14(10-6-8-18-9-7-10)13-15(20)11-4-2-3-5-12(11)22-16(13)17(19)21/h6-9,11-12,14H,2-5H2,1H3. The molecule has 114 valence electrons. The zero-order valence-electron chi connectivity index (χ0n) is 12.5. The van der Waals surface area contributed by atoms with E-state index >= 15 is 0 Å². The molecule has 1 aliphatic carbocycles. The van der Waals surface area contributed by atoms with Gasteiger partial charge in [0.05, 0.1) is 17.5 Å². The molecule has 1 saturated carbocycles. The van der Waals surface area contributed by atoms with Gasteiger partial charge >= 0.3 is 0 Å². The van der Waals surface area contributed by atoms with Crippen molar-refractivity contribution in [3.8, 4) is 0 Å². The average molecular weight is 298 g/mol. The van der Waals surface area contributed by atoms with Gasteiger partial charge in [0, 0.05) is 19.4 Å². The summed E-state index contributed by atoms with van der Waals surface area (Å²) < 4.78 is 5.97. The Bertz CT molecular complexity index is 668. The number of fused-ring (bicyclic) bond motifs is 1. The largest absolute Gasteiger partial charge is 0.483 e. The van der Waals surface area contributed by atoms with Crippen LogP contribution >= 0.6 is 0 Å². The van der Waals surface area contributed by atoms with E-state index in [1.54, 1.807) is 24.3 Å². The predicted octanol–water partition coefficient (Wildman–Crippen LogP) is 2.01. The SMILES string of the molecule is CN1C(=O)C2=C(C(=O)C3CCCCC3O2)C1c1ccncc1. The molecule has 0 spiro atoms. The number of Topliss-reactive ketones (excluding diaryl/α,β-unsaturated/α-hetero) is 1. The van der Waals surface area contributed by atoms with Gasteiger partial charge in [0.25, 0.3) is 5.91 Å². The molecule has 1 fully saturated rings. The van der Waals surface area contributed by atoms with Crippen molar-refractivity contribution in [2.45, 2.75) is 37.8 Å². The van der Waals surface area contributed by atoms with Gasteiger partial charge in [0.1, 0.15) is 6.10 Å². The summed E-state index contributed by atoms with van der Waals surface area (Å²) in [6.45, 7) is 0. The van der Waals surface area contributed by atoms with Crippen LogP contribution < -0.4 is 0 Å². The van der Waals surface area contributed by atoms with E-state index < -0.39 is 0 Å². The Hall–Kier alpha value is -2.17. The molecule has 5 nitrogen and oxygen atoms in total. The van der Waals surface area contributed by atoms with E-state index in [2.05, 4.69) is 4.98 Å². The van der Waals surface area contributed by atoms with Crippen molar-refractivity contribution in [2.24, 2.45) is 5.92 Å². The molecule has 3 heterocycles. The van der Waals surface area contributed by atoms with Crippen LogP contribution in [0, 0.1) is 5.92 Å². The van der Waals surface area contributed by atoms with E-state index in [9.17, 15) is 9.59 Å². The van der Waals surface area contributed by atoms with Gasteiger partial charge in [-0.3, -0.25) is 14.6 Å².